The molecule has 1 aromatic heterocycles. The van der Waals surface area contributed by atoms with Crippen LogP contribution >= 0.6 is 0 Å². The molecular weight excluding hydrogens is 569 g/mol. The first-order valence-electron chi connectivity index (χ1n) is 13.3. The van der Waals surface area contributed by atoms with Gasteiger partial charge in [0.1, 0.15) is 0 Å². The van der Waals surface area contributed by atoms with Crippen LogP contribution in [0.4, 0.5) is 19.1 Å². The quantitative estimate of drug-likeness (QED) is 0.268. The molecule has 220 valence electrons. The molecule has 1 atom stereocenters. The molecule has 3 aromatic carbocycles. The van der Waals surface area contributed by atoms with Gasteiger partial charge in [0, 0.05) is 30.6 Å². The number of amides is 1. The standard InChI is InChI=1S/C30H29F3N4O4S/c1-21-9-15-26(16-10-21)42(39,40)36(18-25-8-5-17-41-25)20-28(38)35-29-34-27(22-6-3-2-4-7-22)19-37(29)24-13-11-23(12-14-24)30(31,32)33/h2-4,6-7,9-16,19,25H,5,8,17-18,20H2,1H3,(H,34,35,38)/t25-/m1/s1. The van der Waals surface area contributed by atoms with Gasteiger partial charge >= 0.3 is 6.18 Å². The van der Waals surface area contributed by atoms with Crippen LogP contribution in [-0.2, 0) is 25.7 Å². The Labute approximate surface area is 241 Å². The van der Waals surface area contributed by atoms with Crippen molar-refractivity contribution in [3.05, 3.63) is 96.2 Å². The van der Waals surface area contributed by atoms with E-state index in [9.17, 15) is 26.4 Å². The molecule has 4 aromatic rings. The normalized spacial score (nSPS) is 15.7. The third kappa shape index (κ3) is 6.72. The Balaban J connectivity index is 1.45. The Bertz CT molecular complexity index is 1630. The van der Waals surface area contributed by atoms with Gasteiger partial charge in [-0.05, 0) is 56.2 Å². The summed E-state index contributed by atoms with van der Waals surface area (Å²) in [6.07, 6.45) is -1.80. The first kappa shape index (κ1) is 29.5. The van der Waals surface area contributed by atoms with E-state index < -0.39 is 34.2 Å². The fourth-order valence-electron chi connectivity index (χ4n) is 4.67. The molecule has 0 saturated carbocycles. The number of carbonyl (C=O) groups excluding carboxylic acids is 1. The maximum absolute atomic E-state index is 13.6. The van der Waals surface area contributed by atoms with Crippen molar-refractivity contribution in [1.29, 1.82) is 0 Å². The number of benzene rings is 3. The van der Waals surface area contributed by atoms with Crippen LogP contribution in [0.25, 0.3) is 16.9 Å². The van der Waals surface area contributed by atoms with Crippen LogP contribution in [-0.4, -0.2) is 54.0 Å². The molecule has 0 aliphatic carbocycles. The molecular formula is C30H29F3N4O4S. The van der Waals surface area contributed by atoms with Gasteiger partial charge < -0.3 is 4.74 Å². The van der Waals surface area contributed by atoms with Crippen LogP contribution in [0, 0.1) is 6.92 Å². The predicted molar refractivity (Wildman–Crippen MR) is 152 cm³/mol. The molecule has 1 N–H and O–H groups in total. The van der Waals surface area contributed by atoms with Crippen molar-refractivity contribution in [3.63, 3.8) is 0 Å². The number of halogens is 3. The van der Waals surface area contributed by atoms with Crippen molar-refractivity contribution in [2.24, 2.45) is 0 Å². The van der Waals surface area contributed by atoms with Crippen molar-refractivity contribution in [1.82, 2.24) is 13.9 Å². The number of alkyl halides is 3. The topological polar surface area (TPSA) is 93.5 Å². The number of anilines is 1. The van der Waals surface area contributed by atoms with Gasteiger partial charge in [0.2, 0.25) is 21.9 Å². The lowest BCUT2D eigenvalue weighted by atomic mass is 10.2. The van der Waals surface area contributed by atoms with Gasteiger partial charge in [-0.1, -0.05) is 48.0 Å². The van der Waals surface area contributed by atoms with E-state index in [-0.39, 0.29) is 23.5 Å². The van der Waals surface area contributed by atoms with Crippen LogP contribution in [0.2, 0.25) is 0 Å². The van der Waals surface area contributed by atoms with Crippen molar-refractivity contribution < 1.29 is 31.1 Å². The van der Waals surface area contributed by atoms with Gasteiger partial charge in [0.15, 0.2) is 0 Å². The summed E-state index contributed by atoms with van der Waals surface area (Å²) in [4.78, 5) is 18.0. The highest BCUT2D eigenvalue weighted by Crippen LogP contribution is 2.31. The highest BCUT2D eigenvalue weighted by atomic mass is 32.2. The third-order valence-corrected chi connectivity index (χ3v) is 8.74. The number of imidazole rings is 1. The Morgan fingerprint density at radius 2 is 1.74 bits per heavy atom. The summed E-state index contributed by atoms with van der Waals surface area (Å²) >= 11 is 0. The molecule has 0 unspecified atom stereocenters. The number of hydrogen-bond donors (Lipinski definition) is 1. The molecule has 1 aliphatic heterocycles. The summed E-state index contributed by atoms with van der Waals surface area (Å²) in [7, 11) is -4.05. The van der Waals surface area contributed by atoms with Gasteiger partial charge in [0.05, 0.1) is 28.8 Å². The van der Waals surface area contributed by atoms with Gasteiger partial charge in [-0.3, -0.25) is 14.7 Å². The van der Waals surface area contributed by atoms with Crippen LogP contribution in [0.1, 0.15) is 24.0 Å². The Hall–Kier alpha value is -4.00. The molecule has 12 heteroatoms. The van der Waals surface area contributed by atoms with E-state index in [1.807, 2.05) is 37.3 Å². The number of nitrogens with one attached hydrogen (secondary N) is 1. The maximum Gasteiger partial charge on any atom is 0.416 e. The summed E-state index contributed by atoms with van der Waals surface area (Å²) in [5.74, 6) is -0.634. The molecule has 1 amide bonds. The van der Waals surface area contributed by atoms with Gasteiger partial charge in [-0.25, -0.2) is 13.4 Å². The first-order chi connectivity index (χ1) is 20.0. The summed E-state index contributed by atoms with van der Waals surface area (Å²) in [5.41, 5.74) is 1.60. The average Bonchev–Trinajstić information content (AvgIpc) is 3.63. The number of aryl methyl sites for hydroxylation is 1. The Morgan fingerprint density at radius 1 is 1.05 bits per heavy atom. The van der Waals surface area contributed by atoms with Crippen molar-refractivity contribution in [2.75, 3.05) is 25.0 Å². The van der Waals surface area contributed by atoms with Crippen LogP contribution in [0.3, 0.4) is 0 Å². The number of nitrogens with zero attached hydrogens (tertiary/aromatic N) is 3. The van der Waals surface area contributed by atoms with Crippen molar-refractivity contribution in [2.45, 2.75) is 36.9 Å². The number of ether oxygens (including phenoxy) is 1. The lowest BCUT2D eigenvalue weighted by Crippen LogP contribution is -2.42. The van der Waals surface area contributed by atoms with E-state index >= 15 is 0 Å². The highest BCUT2D eigenvalue weighted by molar-refractivity contribution is 7.89. The maximum atomic E-state index is 13.6. The lowest BCUT2D eigenvalue weighted by Gasteiger charge is -2.24. The molecule has 1 fully saturated rings. The van der Waals surface area contributed by atoms with E-state index in [4.69, 9.17) is 4.74 Å². The molecule has 42 heavy (non-hydrogen) atoms. The minimum atomic E-state index is -4.50. The van der Waals surface area contributed by atoms with Gasteiger partial charge in [0.25, 0.3) is 0 Å². The number of carbonyl (C=O) groups is 1. The summed E-state index contributed by atoms with van der Waals surface area (Å²) in [6, 6.07) is 19.9. The predicted octanol–water partition coefficient (Wildman–Crippen LogP) is 5.67. The fraction of sp³-hybridized carbons (Fsp3) is 0.267. The average molecular weight is 599 g/mol. The lowest BCUT2D eigenvalue weighted by molar-refractivity contribution is -0.137. The molecule has 1 saturated heterocycles. The molecule has 2 heterocycles. The zero-order chi connectivity index (χ0) is 29.9. The van der Waals surface area contributed by atoms with Crippen molar-refractivity contribution in [3.8, 4) is 16.9 Å². The third-order valence-electron chi connectivity index (χ3n) is 6.91. The number of aromatic nitrogens is 2. The summed E-state index contributed by atoms with van der Waals surface area (Å²) in [5, 5.41) is 2.68. The number of rotatable bonds is 9. The highest BCUT2D eigenvalue weighted by Gasteiger charge is 2.32. The largest absolute Gasteiger partial charge is 0.416 e. The molecule has 5 rings (SSSR count). The van der Waals surface area contributed by atoms with E-state index in [1.54, 1.807) is 18.3 Å². The second kappa shape index (κ2) is 12.1. The van der Waals surface area contributed by atoms with Crippen LogP contribution < -0.4 is 5.32 Å². The van der Waals surface area contributed by atoms with Crippen LogP contribution in [0.15, 0.2) is 90.0 Å². The summed E-state index contributed by atoms with van der Waals surface area (Å²) < 4.78 is 74.9. The zero-order valence-electron chi connectivity index (χ0n) is 22.7. The molecule has 0 radical (unpaired) electrons. The van der Waals surface area contributed by atoms with E-state index in [1.165, 1.54) is 28.8 Å². The second-order valence-electron chi connectivity index (χ2n) is 10.0. The minimum absolute atomic E-state index is 0.00770. The van der Waals surface area contributed by atoms with E-state index in [2.05, 4.69) is 10.3 Å². The Kier molecular flexibility index (Phi) is 8.48. The first-order valence-corrected chi connectivity index (χ1v) is 14.8. The van der Waals surface area contributed by atoms with E-state index in [0.29, 0.717) is 24.4 Å². The minimum Gasteiger partial charge on any atom is -0.377 e. The van der Waals surface area contributed by atoms with E-state index in [0.717, 1.165) is 34.0 Å². The molecule has 0 spiro atoms. The summed E-state index contributed by atoms with van der Waals surface area (Å²) in [6.45, 7) is 1.83. The smallest absolute Gasteiger partial charge is 0.377 e. The molecule has 8 nitrogen and oxygen atoms in total. The molecule has 1 aliphatic rings. The number of hydrogen-bond acceptors (Lipinski definition) is 5. The fourth-order valence-corrected chi connectivity index (χ4v) is 6.10. The molecule has 0 bridgehead atoms. The Morgan fingerprint density at radius 3 is 2.36 bits per heavy atom. The monoisotopic (exact) mass is 598 g/mol. The second-order valence-corrected chi connectivity index (χ2v) is 12.0. The number of sulfonamides is 1. The zero-order valence-corrected chi connectivity index (χ0v) is 23.5. The van der Waals surface area contributed by atoms with Gasteiger partial charge in [-0.2, -0.15) is 17.5 Å². The van der Waals surface area contributed by atoms with Crippen LogP contribution in [0.5, 0.6) is 0 Å². The SMILES string of the molecule is Cc1ccc(S(=O)(=O)N(CC(=O)Nc2nc(-c3ccccc3)cn2-c2ccc(C(F)(F)F)cc2)C[C@H]2CCCO2)cc1. The van der Waals surface area contributed by atoms with Crippen molar-refractivity contribution >= 4 is 21.9 Å². The van der Waals surface area contributed by atoms with Gasteiger partial charge in [-0.15, -0.1) is 0 Å².